The molecule has 8 heteroatoms. The van der Waals surface area contributed by atoms with Gasteiger partial charge >= 0.3 is 12.2 Å². The van der Waals surface area contributed by atoms with Gasteiger partial charge in [0.15, 0.2) is 0 Å². The number of nitrogens with zero attached hydrogens (tertiary/aromatic N) is 2. The van der Waals surface area contributed by atoms with E-state index in [1.165, 1.54) is 18.2 Å². The lowest BCUT2D eigenvalue weighted by Crippen LogP contribution is -2.43. The van der Waals surface area contributed by atoms with Crippen LogP contribution < -0.4 is 5.32 Å². The first-order valence-electron chi connectivity index (χ1n) is 11.4. The van der Waals surface area contributed by atoms with Crippen molar-refractivity contribution in [3.8, 4) is 0 Å². The number of halogens is 4. The topological polar surface area (TPSA) is 37.3 Å². The summed E-state index contributed by atoms with van der Waals surface area (Å²) in [6, 6.07) is 14.6. The Bertz CT molecular complexity index is 1120. The normalized spacial score (nSPS) is 14.7. The highest BCUT2D eigenvalue weighted by Crippen LogP contribution is 2.30. The zero-order chi connectivity index (χ0) is 24.1. The second kappa shape index (κ2) is 10.3. The van der Waals surface area contributed by atoms with E-state index >= 15 is 0 Å². The van der Waals surface area contributed by atoms with Crippen LogP contribution >= 0.6 is 0 Å². The maximum absolute atomic E-state index is 14.1. The molecule has 180 valence electrons. The van der Waals surface area contributed by atoms with E-state index in [4.69, 9.17) is 0 Å². The quantitative estimate of drug-likeness (QED) is 0.382. The number of alkyl halides is 3. The lowest BCUT2D eigenvalue weighted by Gasteiger charge is -2.34. The number of nitrogens with one attached hydrogen (secondary N) is 1. The molecule has 1 fully saturated rings. The van der Waals surface area contributed by atoms with Crippen LogP contribution in [0, 0.1) is 5.82 Å². The van der Waals surface area contributed by atoms with Crippen LogP contribution in [0.25, 0.3) is 0 Å². The zero-order valence-electron chi connectivity index (χ0n) is 18.7. The standard InChI is InChI=1S/C26H27F4N3O/c27-23-13-4-5-14-24(23)31-25(34)33(21-10-2-1-3-11-21)18-22-12-7-15-32(22)17-19-8-6-9-20(16-19)26(28,29)30/h4-9,12-16,21H,1-3,10-11,17-18H2,(H,31,34). The number of rotatable bonds is 6. The van der Waals surface area contributed by atoms with Gasteiger partial charge in [-0.15, -0.1) is 0 Å². The first-order valence-corrected chi connectivity index (χ1v) is 11.4. The number of carbonyl (C=O) groups is 1. The van der Waals surface area contributed by atoms with Gasteiger partial charge < -0.3 is 14.8 Å². The molecule has 0 bridgehead atoms. The van der Waals surface area contributed by atoms with Crippen LogP contribution in [0.4, 0.5) is 28.0 Å². The monoisotopic (exact) mass is 473 g/mol. The number of hydrogen-bond acceptors (Lipinski definition) is 1. The molecule has 0 unspecified atom stereocenters. The van der Waals surface area contributed by atoms with E-state index in [-0.39, 0.29) is 30.8 Å². The number of benzene rings is 2. The van der Waals surface area contributed by atoms with Crippen molar-refractivity contribution in [3.63, 3.8) is 0 Å². The average molecular weight is 474 g/mol. The van der Waals surface area contributed by atoms with Gasteiger partial charge in [-0.2, -0.15) is 13.2 Å². The van der Waals surface area contributed by atoms with Gasteiger partial charge in [0.1, 0.15) is 5.82 Å². The summed E-state index contributed by atoms with van der Waals surface area (Å²) in [7, 11) is 0. The Labute approximate surface area is 196 Å². The van der Waals surface area contributed by atoms with Gasteiger partial charge in [0.25, 0.3) is 0 Å². The van der Waals surface area contributed by atoms with Crippen LogP contribution in [0.5, 0.6) is 0 Å². The molecule has 0 aliphatic heterocycles. The first kappa shape index (κ1) is 23.9. The summed E-state index contributed by atoms with van der Waals surface area (Å²) < 4.78 is 55.3. The number of hydrogen-bond donors (Lipinski definition) is 1. The third-order valence-corrected chi connectivity index (χ3v) is 6.25. The third-order valence-electron chi connectivity index (χ3n) is 6.25. The number of para-hydroxylation sites is 1. The van der Waals surface area contributed by atoms with Crippen LogP contribution in [0.3, 0.4) is 0 Å². The molecule has 2 amide bonds. The number of urea groups is 1. The molecular weight excluding hydrogens is 446 g/mol. The van der Waals surface area contributed by atoms with Gasteiger partial charge in [0.05, 0.1) is 17.8 Å². The van der Waals surface area contributed by atoms with Crippen molar-refractivity contribution in [2.24, 2.45) is 0 Å². The van der Waals surface area contributed by atoms with Gasteiger partial charge in [-0.25, -0.2) is 9.18 Å². The predicted molar refractivity (Wildman–Crippen MR) is 123 cm³/mol. The van der Waals surface area contributed by atoms with Crippen molar-refractivity contribution in [1.82, 2.24) is 9.47 Å². The minimum Gasteiger partial charge on any atom is -0.345 e. The van der Waals surface area contributed by atoms with Crippen molar-refractivity contribution in [3.05, 3.63) is 89.5 Å². The van der Waals surface area contributed by atoms with E-state index in [9.17, 15) is 22.4 Å². The molecule has 34 heavy (non-hydrogen) atoms. The van der Waals surface area contributed by atoms with Crippen molar-refractivity contribution < 1.29 is 22.4 Å². The van der Waals surface area contributed by atoms with E-state index in [0.29, 0.717) is 5.56 Å². The van der Waals surface area contributed by atoms with Gasteiger partial charge in [0.2, 0.25) is 0 Å². The molecule has 1 saturated carbocycles. The van der Waals surface area contributed by atoms with Gasteiger partial charge in [-0.1, -0.05) is 43.5 Å². The molecule has 2 aromatic carbocycles. The Morgan fingerprint density at radius 2 is 1.76 bits per heavy atom. The number of amides is 2. The summed E-state index contributed by atoms with van der Waals surface area (Å²) in [5.74, 6) is -0.507. The lowest BCUT2D eigenvalue weighted by atomic mass is 9.94. The van der Waals surface area contributed by atoms with Crippen molar-refractivity contribution in [2.75, 3.05) is 5.32 Å². The first-order chi connectivity index (χ1) is 16.3. The van der Waals surface area contributed by atoms with Crippen LogP contribution in [-0.2, 0) is 19.3 Å². The zero-order valence-corrected chi connectivity index (χ0v) is 18.7. The maximum atomic E-state index is 14.1. The Morgan fingerprint density at radius 1 is 1.00 bits per heavy atom. The summed E-state index contributed by atoms with van der Waals surface area (Å²) in [4.78, 5) is 15.0. The van der Waals surface area contributed by atoms with Gasteiger partial charge in [-0.3, -0.25) is 0 Å². The summed E-state index contributed by atoms with van der Waals surface area (Å²) >= 11 is 0. The molecule has 3 aromatic rings. The van der Waals surface area contributed by atoms with E-state index in [1.807, 2.05) is 16.7 Å². The minimum absolute atomic E-state index is 0.0115. The minimum atomic E-state index is -4.40. The van der Waals surface area contributed by atoms with Crippen LogP contribution in [0.15, 0.2) is 66.9 Å². The van der Waals surface area contributed by atoms with E-state index in [0.717, 1.165) is 49.9 Å². The highest BCUT2D eigenvalue weighted by Gasteiger charge is 2.30. The van der Waals surface area contributed by atoms with Crippen molar-refractivity contribution in [2.45, 2.75) is 57.4 Å². The molecule has 1 N–H and O–H groups in total. The molecule has 0 spiro atoms. The smallest absolute Gasteiger partial charge is 0.345 e. The van der Waals surface area contributed by atoms with Crippen molar-refractivity contribution in [1.29, 1.82) is 0 Å². The highest BCUT2D eigenvalue weighted by molar-refractivity contribution is 5.89. The summed E-state index contributed by atoms with van der Waals surface area (Å²) in [5, 5.41) is 2.69. The van der Waals surface area contributed by atoms with Crippen molar-refractivity contribution >= 4 is 11.7 Å². The molecule has 0 saturated heterocycles. The lowest BCUT2D eigenvalue weighted by molar-refractivity contribution is -0.137. The van der Waals surface area contributed by atoms with E-state index in [1.54, 1.807) is 29.3 Å². The molecule has 4 rings (SSSR count). The predicted octanol–water partition coefficient (Wildman–Crippen LogP) is 7.06. The molecular formula is C26H27F4N3O. The molecule has 1 aliphatic rings. The Kier molecular flexibility index (Phi) is 7.24. The fourth-order valence-electron chi connectivity index (χ4n) is 4.47. The van der Waals surface area contributed by atoms with Crippen LogP contribution in [0.1, 0.15) is 48.9 Å². The van der Waals surface area contributed by atoms with Gasteiger partial charge in [-0.05, 0) is 54.8 Å². The fourth-order valence-corrected chi connectivity index (χ4v) is 4.47. The second-order valence-electron chi connectivity index (χ2n) is 8.66. The van der Waals surface area contributed by atoms with E-state index in [2.05, 4.69) is 5.32 Å². The largest absolute Gasteiger partial charge is 0.416 e. The molecule has 4 nitrogen and oxygen atoms in total. The summed E-state index contributed by atoms with van der Waals surface area (Å²) in [5.41, 5.74) is 0.749. The van der Waals surface area contributed by atoms with Crippen LogP contribution in [-0.4, -0.2) is 21.5 Å². The molecule has 0 radical (unpaired) electrons. The molecule has 0 atom stereocenters. The molecule has 1 aliphatic carbocycles. The number of anilines is 1. The number of carbonyl (C=O) groups excluding carboxylic acids is 1. The Hall–Kier alpha value is -3.29. The SMILES string of the molecule is O=C(Nc1ccccc1F)N(Cc1cccn1Cc1cccc(C(F)(F)F)c1)C1CCCCC1. The molecule has 1 heterocycles. The number of aromatic nitrogens is 1. The average Bonchev–Trinajstić information content (AvgIpc) is 3.25. The summed E-state index contributed by atoms with van der Waals surface area (Å²) in [6.45, 7) is 0.524. The van der Waals surface area contributed by atoms with E-state index < -0.39 is 17.6 Å². The Morgan fingerprint density at radius 3 is 2.50 bits per heavy atom. The second-order valence-corrected chi connectivity index (χ2v) is 8.66. The fraction of sp³-hybridized carbons (Fsp3) is 0.346. The van der Waals surface area contributed by atoms with Gasteiger partial charge in [0, 0.05) is 24.5 Å². The highest BCUT2D eigenvalue weighted by atomic mass is 19.4. The van der Waals surface area contributed by atoms with Crippen LogP contribution in [0.2, 0.25) is 0 Å². The maximum Gasteiger partial charge on any atom is 0.416 e. The summed E-state index contributed by atoms with van der Waals surface area (Å²) in [6.07, 6.45) is 2.25. The Balaban J connectivity index is 1.55. The third kappa shape index (κ3) is 5.79. The molecule has 1 aromatic heterocycles.